The second kappa shape index (κ2) is 6.18. The summed E-state index contributed by atoms with van der Waals surface area (Å²) >= 11 is 0. The highest BCUT2D eigenvalue weighted by Crippen LogP contribution is 2.33. The molecule has 0 aliphatic carbocycles. The number of rotatable bonds is 4. The fourth-order valence-electron chi connectivity index (χ4n) is 2.34. The number of halogens is 2. The first kappa shape index (κ1) is 15.2. The Hall–Kier alpha value is -2.73. The minimum Gasteiger partial charge on any atom is -0.497 e. The minimum absolute atomic E-state index is 0.204. The van der Waals surface area contributed by atoms with Gasteiger partial charge in [0.15, 0.2) is 5.76 Å². The molecule has 0 unspecified atom stereocenters. The molecule has 0 bridgehead atoms. The van der Waals surface area contributed by atoms with Crippen molar-refractivity contribution >= 4 is 0 Å². The molecule has 0 saturated heterocycles. The molecule has 0 atom stereocenters. The van der Waals surface area contributed by atoms with Crippen LogP contribution in [0.25, 0.3) is 22.6 Å². The van der Waals surface area contributed by atoms with Crippen LogP contribution in [0.4, 0.5) is 8.78 Å². The zero-order valence-electron chi connectivity index (χ0n) is 12.2. The zero-order chi connectivity index (χ0) is 16.4. The van der Waals surface area contributed by atoms with Crippen molar-refractivity contribution < 1.29 is 23.1 Å². The molecule has 0 saturated carbocycles. The van der Waals surface area contributed by atoms with E-state index in [-0.39, 0.29) is 17.9 Å². The lowest BCUT2D eigenvalue weighted by Gasteiger charge is -2.03. The van der Waals surface area contributed by atoms with Gasteiger partial charge in [-0.25, -0.2) is 8.78 Å². The maximum absolute atomic E-state index is 13.4. The number of benzene rings is 2. The highest BCUT2D eigenvalue weighted by atomic mass is 19.1. The van der Waals surface area contributed by atoms with Crippen LogP contribution >= 0.6 is 0 Å². The number of hydrogen-bond donors (Lipinski definition) is 1. The first-order valence-corrected chi connectivity index (χ1v) is 6.82. The average molecular weight is 317 g/mol. The molecule has 3 aromatic rings. The summed E-state index contributed by atoms with van der Waals surface area (Å²) in [6.07, 6.45) is 0. The van der Waals surface area contributed by atoms with Gasteiger partial charge >= 0.3 is 0 Å². The summed E-state index contributed by atoms with van der Waals surface area (Å²) in [6, 6.07) is 10.0. The smallest absolute Gasteiger partial charge is 0.173 e. The minimum atomic E-state index is -0.724. The van der Waals surface area contributed by atoms with E-state index >= 15 is 0 Å². The maximum atomic E-state index is 13.4. The largest absolute Gasteiger partial charge is 0.497 e. The molecule has 23 heavy (non-hydrogen) atoms. The molecule has 0 spiro atoms. The Bertz CT molecular complexity index is 808. The summed E-state index contributed by atoms with van der Waals surface area (Å²) in [5, 5.41) is 13.5. The van der Waals surface area contributed by atoms with E-state index in [2.05, 4.69) is 5.16 Å². The van der Waals surface area contributed by atoms with Gasteiger partial charge in [0.05, 0.1) is 19.3 Å². The van der Waals surface area contributed by atoms with E-state index in [0.29, 0.717) is 22.6 Å². The third-order valence-corrected chi connectivity index (χ3v) is 3.43. The van der Waals surface area contributed by atoms with E-state index in [1.54, 1.807) is 31.4 Å². The zero-order valence-corrected chi connectivity index (χ0v) is 12.2. The Morgan fingerprint density at radius 2 is 1.70 bits per heavy atom. The van der Waals surface area contributed by atoms with Crippen molar-refractivity contribution in [2.24, 2.45) is 0 Å². The van der Waals surface area contributed by atoms with E-state index in [0.717, 1.165) is 18.2 Å². The predicted octanol–water partition coefficient (Wildman–Crippen LogP) is 3.79. The topological polar surface area (TPSA) is 55.5 Å². The Morgan fingerprint density at radius 3 is 2.26 bits per heavy atom. The van der Waals surface area contributed by atoms with Crippen LogP contribution < -0.4 is 4.74 Å². The van der Waals surface area contributed by atoms with Gasteiger partial charge in [-0.1, -0.05) is 5.16 Å². The Kier molecular flexibility index (Phi) is 4.08. The van der Waals surface area contributed by atoms with Crippen molar-refractivity contribution in [3.05, 3.63) is 59.7 Å². The van der Waals surface area contributed by atoms with Gasteiger partial charge in [0.25, 0.3) is 0 Å². The molecular formula is C17H13F2NO3. The van der Waals surface area contributed by atoms with Gasteiger partial charge in [0.2, 0.25) is 0 Å². The fraction of sp³-hybridized carbons (Fsp3) is 0.118. The van der Waals surface area contributed by atoms with Gasteiger partial charge in [-0.05, 0) is 36.4 Å². The second-order valence-corrected chi connectivity index (χ2v) is 4.88. The first-order chi connectivity index (χ1) is 11.1. The van der Waals surface area contributed by atoms with E-state index in [9.17, 15) is 13.9 Å². The van der Waals surface area contributed by atoms with Crippen molar-refractivity contribution in [2.75, 3.05) is 7.11 Å². The van der Waals surface area contributed by atoms with Gasteiger partial charge in [0, 0.05) is 17.2 Å². The van der Waals surface area contributed by atoms with Crippen LogP contribution in [0, 0.1) is 11.6 Å². The molecule has 4 nitrogen and oxygen atoms in total. The molecule has 2 aromatic carbocycles. The van der Waals surface area contributed by atoms with Crippen LogP contribution in [0.3, 0.4) is 0 Å². The third-order valence-electron chi connectivity index (χ3n) is 3.43. The summed E-state index contributed by atoms with van der Waals surface area (Å²) in [4.78, 5) is 0. The van der Waals surface area contributed by atoms with Gasteiger partial charge in [-0.3, -0.25) is 0 Å². The number of aliphatic hydroxyl groups excluding tert-OH is 1. The number of aromatic nitrogens is 1. The average Bonchev–Trinajstić information content (AvgIpc) is 2.98. The van der Waals surface area contributed by atoms with E-state index < -0.39 is 11.6 Å². The lowest BCUT2D eigenvalue weighted by atomic mass is 10.0. The SMILES string of the molecule is COc1ccc(-c2onc(-c3cc(F)cc(F)c3)c2CO)cc1. The van der Waals surface area contributed by atoms with Crippen LogP contribution in [0.1, 0.15) is 5.56 Å². The molecule has 1 aromatic heterocycles. The molecule has 0 fully saturated rings. The predicted molar refractivity (Wildman–Crippen MR) is 79.8 cm³/mol. The summed E-state index contributed by atoms with van der Waals surface area (Å²) in [5.74, 6) is -0.433. The van der Waals surface area contributed by atoms with Crippen molar-refractivity contribution in [1.29, 1.82) is 0 Å². The summed E-state index contributed by atoms with van der Waals surface area (Å²) in [5.41, 5.74) is 1.44. The molecule has 0 aliphatic rings. The van der Waals surface area contributed by atoms with Crippen LogP contribution in [0.15, 0.2) is 47.0 Å². The van der Waals surface area contributed by atoms with E-state index in [1.165, 1.54) is 0 Å². The third kappa shape index (κ3) is 2.93. The molecule has 6 heteroatoms. The molecule has 1 heterocycles. The number of hydrogen-bond acceptors (Lipinski definition) is 4. The Balaban J connectivity index is 2.08. The van der Waals surface area contributed by atoms with E-state index in [1.807, 2.05) is 0 Å². The van der Waals surface area contributed by atoms with Crippen molar-refractivity contribution in [2.45, 2.75) is 6.61 Å². The van der Waals surface area contributed by atoms with Gasteiger partial charge in [-0.15, -0.1) is 0 Å². The number of ether oxygens (including phenoxy) is 1. The maximum Gasteiger partial charge on any atom is 0.173 e. The molecule has 0 amide bonds. The highest BCUT2D eigenvalue weighted by molar-refractivity contribution is 5.72. The number of nitrogens with zero attached hydrogens (tertiary/aromatic N) is 1. The molecule has 0 aliphatic heterocycles. The second-order valence-electron chi connectivity index (χ2n) is 4.88. The number of methoxy groups -OCH3 is 1. The molecule has 3 rings (SSSR count). The lowest BCUT2D eigenvalue weighted by Crippen LogP contribution is -1.91. The van der Waals surface area contributed by atoms with Crippen molar-refractivity contribution in [1.82, 2.24) is 5.16 Å². The standard InChI is InChI=1S/C17H13F2NO3/c1-22-14-4-2-10(3-5-14)17-15(9-21)16(20-23-17)11-6-12(18)8-13(19)7-11/h2-8,21H,9H2,1H3. The van der Waals surface area contributed by atoms with Crippen LogP contribution in [-0.4, -0.2) is 17.4 Å². The summed E-state index contributed by atoms with van der Waals surface area (Å²) in [7, 11) is 1.55. The highest BCUT2D eigenvalue weighted by Gasteiger charge is 2.19. The van der Waals surface area contributed by atoms with Gasteiger partial charge in [-0.2, -0.15) is 0 Å². The Morgan fingerprint density at radius 1 is 1.04 bits per heavy atom. The monoisotopic (exact) mass is 317 g/mol. The van der Waals surface area contributed by atoms with Crippen molar-refractivity contribution in [3.63, 3.8) is 0 Å². The molecule has 118 valence electrons. The summed E-state index contributed by atoms with van der Waals surface area (Å²) < 4.78 is 37.1. The van der Waals surface area contributed by atoms with Crippen LogP contribution in [0.2, 0.25) is 0 Å². The lowest BCUT2D eigenvalue weighted by molar-refractivity contribution is 0.281. The molecular weight excluding hydrogens is 304 g/mol. The van der Waals surface area contributed by atoms with E-state index in [4.69, 9.17) is 9.26 Å². The normalized spacial score (nSPS) is 10.8. The fourth-order valence-corrected chi connectivity index (χ4v) is 2.34. The summed E-state index contributed by atoms with van der Waals surface area (Å²) in [6.45, 7) is -0.377. The molecule has 0 radical (unpaired) electrons. The van der Waals surface area contributed by atoms with Crippen molar-refractivity contribution in [3.8, 4) is 28.3 Å². The van der Waals surface area contributed by atoms with Gasteiger partial charge in [0.1, 0.15) is 23.1 Å². The molecule has 1 N–H and O–H groups in total. The van der Waals surface area contributed by atoms with Crippen LogP contribution in [-0.2, 0) is 6.61 Å². The van der Waals surface area contributed by atoms with Gasteiger partial charge < -0.3 is 14.4 Å². The van der Waals surface area contributed by atoms with Crippen LogP contribution in [0.5, 0.6) is 5.75 Å². The first-order valence-electron chi connectivity index (χ1n) is 6.82. The Labute approximate surface area is 130 Å². The number of aliphatic hydroxyl groups is 1. The quantitative estimate of drug-likeness (QED) is 0.795.